The van der Waals surface area contributed by atoms with Crippen LogP contribution in [0.3, 0.4) is 0 Å². The van der Waals surface area contributed by atoms with E-state index in [1.165, 1.54) is 61.6 Å². The topological polar surface area (TPSA) is 38.5 Å². The molecule has 1 aliphatic carbocycles. The average Bonchev–Trinajstić information content (AvgIpc) is 2.94. The van der Waals surface area contributed by atoms with Crippen molar-refractivity contribution in [2.75, 3.05) is 13.1 Å². The van der Waals surface area contributed by atoms with Gasteiger partial charge >= 0.3 is 0 Å². The first-order valence-electron chi connectivity index (χ1n) is 13.5. The molecule has 1 unspecified atom stereocenters. The molecule has 2 N–H and O–H groups in total. The Labute approximate surface area is 211 Å². The van der Waals surface area contributed by atoms with E-state index in [0.29, 0.717) is 18.4 Å². The maximum atomic E-state index is 7.52. The maximum Gasteiger partial charge on any atom is 0.119 e. The smallest absolute Gasteiger partial charge is 0.119 e. The minimum atomic E-state index is -0.253. The van der Waals surface area contributed by atoms with Crippen LogP contribution in [0.1, 0.15) is 61.6 Å². The molecule has 0 spiro atoms. The summed E-state index contributed by atoms with van der Waals surface area (Å²) in [5.74, 6) is 2.01. The molecule has 1 saturated heterocycles. The van der Waals surface area contributed by atoms with Crippen molar-refractivity contribution in [3.8, 4) is 5.75 Å². The fraction of sp³-hybridized carbons (Fsp3) is 0.438. The number of ether oxygens (including phenoxy) is 1. The first kappa shape index (κ1) is 24.1. The molecule has 1 atom stereocenters. The number of nitrogens with two attached hydrogens (primary N) is 1. The summed E-state index contributed by atoms with van der Waals surface area (Å²) in [4.78, 5) is 2.60. The number of likely N-dealkylation sites (tertiary alicyclic amines) is 1. The predicted octanol–water partition coefficient (Wildman–Crippen LogP) is 6.91. The van der Waals surface area contributed by atoms with Crippen molar-refractivity contribution in [3.05, 3.63) is 102 Å². The lowest BCUT2D eigenvalue weighted by Crippen LogP contribution is -2.54. The second-order valence-corrected chi connectivity index (χ2v) is 10.6. The first-order valence-corrected chi connectivity index (χ1v) is 13.5. The Hall–Kier alpha value is -2.62. The molecule has 2 fully saturated rings. The van der Waals surface area contributed by atoms with Gasteiger partial charge in [-0.05, 0) is 79.4 Å². The molecule has 35 heavy (non-hydrogen) atoms. The van der Waals surface area contributed by atoms with E-state index in [0.717, 1.165) is 25.4 Å². The van der Waals surface area contributed by atoms with Crippen LogP contribution < -0.4 is 10.5 Å². The van der Waals surface area contributed by atoms with Gasteiger partial charge in [0.25, 0.3) is 0 Å². The molecule has 184 valence electrons. The van der Waals surface area contributed by atoms with Crippen molar-refractivity contribution in [1.29, 1.82) is 0 Å². The van der Waals surface area contributed by atoms with Crippen LogP contribution in [0.4, 0.5) is 0 Å². The minimum Gasteiger partial charge on any atom is -0.489 e. The fourth-order valence-electron chi connectivity index (χ4n) is 6.38. The molecule has 2 aliphatic rings. The Morgan fingerprint density at radius 2 is 1.26 bits per heavy atom. The molecule has 3 aromatic carbocycles. The van der Waals surface area contributed by atoms with Crippen LogP contribution in [-0.4, -0.2) is 18.0 Å². The number of benzene rings is 3. The SMILES string of the molecule is NC(c1ccc(OCc2ccccc2)cc1)(C1CCCCC1)C1CCN(Cc2ccccc2)CC1. The lowest BCUT2D eigenvalue weighted by molar-refractivity contribution is 0.0695. The van der Waals surface area contributed by atoms with Gasteiger partial charge < -0.3 is 10.5 Å². The van der Waals surface area contributed by atoms with E-state index >= 15 is 0 Å². The van der Waals surface area contributed by atoms with Crippen LogP contribution in [0.5, 0.6) is 5.75 Å². The van der Waals surface area contributed by atoms with Gasteiger partial charge in [0, 0.05) is 12.1 Å². The highest BCUT2D eigenvalue weighted by Crippen LogP contribution is 2.46. The second kappa shape index (κ2) is 11.4. The summed E-state index contributed by atoms with van der Waals surface area (Å²) >= 11 is 0. The zero-order chi connectivity index (χ0) is 23.9. The van der Waals surface area contributed by atoms with E-state index in [4.69, 9.17) is 10.5 Å². The Balaban J connectivity index is 1.29. The molecule has 1 aliphatic heterocycles. The monoisotopic (exact) mass is 468 g/mol. The molecule has 0 bridgehead atoms. The third-order valence-corrected chi connectivity index (χ3v) is 8.40. The van der Waals surface area contributed by atoms with Crippen LogP contribution in [0.25, 0.3) is 0 Å². The maximum absolute atomic E-state index is 7.52. The molecule has 3 nitrogen and oxygen atoms in total. The standard InChI is InChI=1S/C32H40N2O/c33-32(28-14-8-3-9-15-28,30-20-22-34(23-21-30)24-26-10-4-1-5-11-26)29-16-18-31(19-17-29)35-25-27-12-6-2-7-13-27/h1-2,4-7,10-13,16-19,28,30H,3,8-9,14-15,20-25,33H2. The van der Waals surface area contributed by atoms with Gasteiger partial charge in [-0.3, -0.25) is 4.90 Å². The van der Waals surface area contributed by atoms with Gasteiger partial charge in [0.1, 0.15) is 12.4 Å². The lowest BCUT2D eigenvalue weighted by Gasteiger charge is -2.48. The van der Waals surface area contributed by atoms with Gasteiger partial charge in [0.15, 0.2) is 0 Å². The Kier molecular flexibility index (Phi) is 7.85. The fourth-order valence-corrected chi connectivity index (χ4v) is 6.38. The summed E-state index contributed by atoms with van der Waals surface area (Å²) in [7, 11) is 0. The summed E-state index contributed by atoms with van der Waals surface area (Å²) in [6.07, 6.45) is 8.84. The summed E-state index contributed by atoms with van der Waals surface area (Å²) in [5.41, 5.74) is 11.2. The van der Waals surface area contributed by atoms with Gasteiger partial charge in [-0.2, -0.15) is 0 Å². The Morgan fingerprint density at radius 1 is 0.686 bits per heavy atom. The van der Waals surface area contributed by atoms with Crippen molar-refractivity contribution in [3.63, 3.8) is 0 Å². The number of piperidine rings is 1. The van der Waals surface area contributed by atoms with E-state index in [2.05, 4.69) is 83.8 Å². The average molecular weight is 469 g/mol. The molecular weight excluding hydrogens is 428 g/mol. The molecule has 0 aromatic heterocycles. The summed E-state index contributed by atoms with van der Waals surface area (Å²) in [6, 6.07) is 30.0. The van der Waals surface area contributed by atoms with Crippen molar-refractivity contribution < 1.29 is 4.74 Å². The number of hydrogen-bond donors (Lipinski definition) is 1. The van der Waals surface area contributed by atoms with Crippen molar-refractivity contribution in [1.82, 2.24) is 4.90 Å². The van der Waals surface area contributed by atoms with Crippen molar-refractivity contribution in [2.24, 2.45) is 17.6 Å². The van der Waals surface area contributed by atoms with Gasteiger partial charge in [-0.15, -0.1) is 0 Å². The predicted molar refractivity (Wildman–Crippen MR) is 144 cm³/mol. The Morgan fingerprint density at radius 3 is 1.89 bits per heavy atom. The third-order valence-electron chi connectivity index (χ3n) is 8.40. The van der Waals surface area contributed by atoms with Crippen LogP contribution in [0, 0.1) is 11.8 Å². The normalized spacial score (nSPS) is 19.8. The molecule has 0 amide bonds. The quantitative estimate of drug-likeness (QED) is 0.390. The van der Waals surface area contributed by atoms with Gasteiger partial charge in [0.2, 0.25) is 0 Å². The zero-order valence-electron chi connectivity index (χ0n) is 20.9. The molecule has 5 rings (SSSR count). The Bertz CT molecular complexity index is 1020. The summed E-state index contributed by atoms with van der Waals surface area (Å²) in [6.45, 7) is 3.89. The van der Waals surface area contributed by atoms with Crippen LogP contribution >= 0.6 is 0 Å². The summed E-state index contributed by atoms with van der Waals surface area (Å²) in [5, 5.41) is 0. The van der Waals surface area contributed by atoms with Crippen molar-refractivity contribution >= 4 is 0 Å². The zero-order valence-corrected chi connectivity index (χ0v) is 20.9. The van der Waals surface area contributed by atoms with E-state index in [9.17, 15) is 0 Å². The molecule has 0 radical (unpaired) electrons. The molecule has 3 heteroatoms. The van der Waals surface area contributed by atoms with Crippen LogP contribution in [-0.2, 0) is 18.7 Å². The number of rotatable bonds is 8. The first-order chi connectivity index (χ1) is 17.2. The molecule has 1 heterocycles. The van der Waals surface area contributed by atoms with Gasteiger partial charge in [0.05, 0.1) is 0 Å². The number of hydrogen-bond acceptors (Lipinski definition) is 3. The highest BCUT2D eigenvalue weighted by Gasteiger charge is 2.44. The van der Waals surface area contributed by atoms with E-state index < -0.39 is 0 Å². The largest absolute Gasteiger partial charge is 0.489 e. The van der Waals surface area contributed by atoms with E-state index in [1.807, 2.05) is 6.07 Å². The highest BCUT2D eigenvalue weighted by molar-refractivity contribution is 5.34. The third kappa shape index (κ3) is 5.79. The van der Waals surface area contributed by atoms with E-state index in [1.54, 1.807) is 0 Å². The summed E-state index contributed by atoms with van der Waals surface area (Å²) < 4.78 is 6.07. The molecule has 3 aromatic rings. The molecular formula is C32H40N2O. The van der Waals surface area contributed by atoms with Crippen LogP contribution in [0.2, 0.25) is 0 Å². The minimum absolute atomic E-state index is 0.253. The molecule has 1 saturated carbocycles. The lowest BCUT2D eigenvalue weighted by atomic mass is 9.63. The second-order valence-electron chi connectivity index (χ2n) is 10.6. The highest BCUT2D eigenvalue weighted by atomic mass is 16.5. The van der Waals surface area contributed by atoms with Crippen LogP contribution in [0.15, 0.2) is 84.9 Å². The van der Waals surface area contributed by atoms with Gasteiger partial charge in [-0.25, -0.2) is 0 Å². The van der Waals surface area contributed by atoms with Gasteiger partial charge in [-0.1, -0.05) is 92.1 Å². The number of nitrogens with zero attached hydrogens (tertiary/aromatic N) is 1. The van der Waals surface area contributed by atoms with Crippen molar-refractivity contribution in [2.45, 2.75) is 63.6 Å². The van der Waals surface area contributed by atoms with E-state index in [-0.39, 0.29) is 5.54 Å².